The van der Waals surface area contributed by atoms with Gasteiger partial charge in [0.2, 0.25) is 0 Å². The van der Waals surface area contributed by atoms with Gasteiger partial charge in [-0.2, -0.15) is 0 Å². The number of aromatic nitrogens is 1. The molecule has 1 heterocycles. The summed E-state index contributed by atoms with van der Waals surface area (Å²) in [6.07, 6.45) is 8.32. The first kappa shape index (κ1) is 33.4. The van der Waals surface area contributed by atoms with Crippen molar-refractivity contribution in [2.24, 2.45) is 0 Å². The molecule has 1 aromatic heterocycles. The number of phenols is 2. The first-order valence-electron chi connectivity index (χ1n) is 15.9. The van der Waals surface area contributed by atoms with Crippen molar-refractivity contribution in [3.8, 4) is 11.5 Å². The van der Waals surface area contributed by atoms with Crippen molar-refractivity contribution in [3.05, 3.63) is 87.2 Å². The summed E-state index contributed by atoms with van der Waals surface area (Å²) in [6.45, 7) is 17.2. The van der Waals surface area contributed by atoms with E-state index in [0.29, 0.717) is 11.5 Å². The Hall–Kier alpha value is -2.46. The third-order valence-electron chi connectivity index (χ3n) is 9.08. The molecule has 0 aliphatic heterocycles. The van der Waals surface area contributed by atoms with Crippen LogP contribution in [0.3, 0.4) is 0 Å². The average molecular weight is 742 g/mol. The summed E-state index contributed by atoms with van der Waals surface area (Å²) in [5.41, 5.74) is 13.0. The van der Waals surface area contributed by atoms with Crippen molar-refractivity contribution in [1.29, 1.82) is 0 Å². The van der Waals surface area contributed by atoms with Crippen molar-refractivity contribution in [3.63, 3.8) is 0 Å². The van der Waals surface area contributed by atoms with Crippen LogP contribution in [0, 0.1) is 13.8 Å². The number of nitrogens with zero attached hydrogens (tertiary/aromatic N) is 1. The van der Waals surface area contributed by atoms with Gasteiger partial charge in [0.1, 0.15) is 11.5 Å². The summed E-state index contributed by atoms with van der Waals surface area (Å²) in [7, 11) is 0. The Bertz CT molecular complexity index is 1470. The van der Waals surface area contributed by atoms with E-state index in [1.807, 2.05) is 0 Å². The van der Waals surface area contributed by atoms with E-state index in [0.717, 1.165) is 85.0 Å². The number of benzene rings is 2. The van der Waals surface area contributed by atoms with Crippen LogP contribution >= 0.6 is 0 Å². The van der Waals surface area contributed by atoms with E-state index in [1.165, 1.54) is 33.4 Å². The summed E-state index contributed by atoms with van der Waals surface area (Å²) in [5, 5.41) is 23.1. The summed E-state index contributed by atoms with van der Waals surface area (Å²) in [4.78, 5) is 5.34. The molecule has 3 nitrogen and oxygen atoms in total. The normalized spacial score (nSPS) is 16.4. The molecule has 0 radical (unpaired) electrons. The zero-order valence-corrected chi connectivity index (χ0v) is 31.1. The Balaban J connectivity index is 0.00000423. The summed E-state index contributed by atoms with van der Waals surface area (Å²) in [5.74, 6) is 0.834. The van der Waals surface area contributed by atoms with Crippen LogP contribution in [0.2, 0.25) is 0 Å². The number of hydrogen-bond acceptors (Lipinski definition) is 3. The molecule has 2 aromatic carbocycles. The van der Waals surface area contributed by atoms with Crippen molar-refractivity contribution >= 4 is 22.3 Å². The third-order valence-corrected chi connectivity index (χ3v) is 9.08. The molecule has 0 spiro atoms. The minimum Gasteiger partial charge on any atom is -0.507 e. The predicted molar refractivity (Wildman–Crippen MR) is 178 cm³/mol. The van der Waals surface area contributed by atoms with Crippen LogP contribution < -0.4 is 0 Å². The van der Waals surface area contributed by atoms with Gasteiger partial charge < -0.3 is 10.2 Å². The maximum absolute atomic E-state index is 11.5. The van der Waals surface area contributed by atoms with Crippen LogP contribution in [0.5, 0.6) is 11.5 Å². The molecule has 0 atom stereocenters. The molecule has 0 saturated carbocycles. The van der Waals surface area contributed by atoms with Crippen LogP contribution in [0.15, 0.2) is 42.5 Å². The van der Waals surface area contributed by atoms with Crippen LogP contribution in [0.4, 0.5) is 0 Å². The molecule has 3 aromatic rings. The van der Waals surface area contributed by atoms with Crippen molar-refractivity contribution < 1.29 is 36.1 Å². The van der Waals surface area contributed by atoms with Gasteiger partial charge in [0.25, 0.3) is 0 Å². The fraction of sp³-hybridized carbons (Fsp3) is 0.462. The second kappa shape index (κ2) is 12.9. The Kier molecular flexibility index (Phi) is 10.0. The topological polar surface area (TPSA) is 53.4 Å². The zero-order chi connectivity index (χ0) is 30.4. The zero-order valence-electron chi connectivity index (χ0n) is 27.5. The van der Waals surface area contributed by atoms with Crippen molar-refractivity contribution in [1.82, 2.24) is 4.98 Å². The first-order chi connectivity index (χ1) is 19.8. The van der Waals surface area contributed by atoms with Crippen LogP contribution in [0.25, 0.3) is 22.3 Å². The van der Waals surface area contributed by atoms with Crippen LogP contribution in [-0.4, -0.2) is 15.2 Å². The monoisotopic (exact) mass is 743 g/mol. The third kappa shape index (κ3) is 6.95. The standard InChI is InChI=1S/C39H49NO2.Hf/c1-24-20-30(36(41)32(22-24)38(3,4)5)26-14-9-11-16-28(26)34-18-13-19-35(40-34)29-17-12-10-15-27(29)31-21-25(2)23-33(37(31)42)39(6,7)8;/h13,18-23,41-42H,9-12,14-17H2,1-8H3;. The second-order valence-corrected chi connectivity index (χ2v) is 14.7. The van der Waals surface area contributed by atoms with Gasteiger partial charge in [-0.05, 0) is 134 Å². The van der Waals surface area contributed by atoms with E-state index in [9.17, 15) is 10.2 Å². The van der Waals surface area contributed by atoms with Gasteiger partial charge in [-0.15, -0.1) is 0 Å². The van der Waals surface area contributed by atoms with Crippen LogP contribution in [0.1, 0.15) is 138 Å². The Morgan fingerprint density at radius 2 is 0.907 bits per heavy atom. The SMILES string of the molecule is Cc1cc(C2=C(c3cccc(C4=C(c5cc(C)cc(C(C)(C)C)c5O)CCCC4)n3)CCCC2)c(O)c(C(C)(C)C)c1.[Hf]. The molecule has 226 valence electrons. The van der Waals surface area contributed by atoms with Gasteiger partial charge in [0.15, 0.2) is 0 Å². The molecule has 2 aliphatic carbocycles. The van der Waals surface area contributed by atoms with Gasteiger partial charge >= 0.3 is 0 Å². The summed E-state index contributed by atoms with van der Waals surface area (Å²) >= 11 is 0. The Morgan fingerprint density at radius 1 is 0.558 bits per heavy atom. The molecule has 2 aliphatic rings. The van der Waals surface area contributed by atoms with E-state index in [2.05, 4.69) is 97.9 Å². The first-order valence-corrected chi connectivity index (χ1v) is 15.9. The van der Waals surface area contributed by atoms with E-state index < -0.39 is 0 Å². The van der Waals surface area contributed by atoms with Gasteiger partial charge in [-0.25, -0.2) is 4.98 Å². The van der Waals surface area contributed by atoms with E-state index >= 15 is 0 Å². The average Bonchev–Trinajstić information content (AvgIpc) is 2.94. The number of rotatable bonds is 4. The predicted octanol–water partition coefficient (Wildman–Crippen LogP) is 10.7. The fourth-order valence-electron chi connectivity index (χ4n) is 6.90. The van der Waals surface area contributed by atoms with Crippen LogP contribution in [-0.2, 0) is 36.7 Å². The van der Waals surface area contributed by atoms with Gasteiger partial charge in [0, 0.05) is 48.1 Å². The summed E-state index contributed by atoms with van der Waals surface area (Å²) < 4.78 is 0. The number of allylic oxidation sites excluding steroid dienone is 4. The smallest absolute Gasteiger partial charge is 0.126 e. The fourth-order valence-corrected chi connectivity index (χ4v) is 6.90. The molecule has 5 rings (SSSR count). The maximum atomic E-state index is 11.5. The number of hydrogen-bond donors (Lipinski definition) is 2. The van der Waals surface area contributed by atoms with Gasteiger partial charge in [-0.3, -0.25) is 0 Å². The van der Waals surface area contributed by atoms with E-state index in [1.54, 1.807) is 0 Å². The molecule has 0 amide bonds. The van der Waals surface area contributed by atoms with Crippen molar-refractivity contribution in [2.75, 3.05) is 0 Å². The van der Waals surface area contributed by atoms with E-state index in [4.69, 9.17) is 4.98 Å². The maximum Gasteiger partial charge on any atom is 0.126 e. The minimum atomic E-state index is -0.142. The Labute approximate surface area is 278 Å². The Morgan fingerprint density at radius 3 is 1.26 bits per heavy atom. The number of aryl methyl sites for hydroxylation is 2. The number of aromatic hydroxyl groups is 2. The molecular weight excluding hydrogens is 693 g/mol. The number of phenolic OH excluding ortho intramolecular Hbond substituents is 2. The van der Waals surface area contributed by atoms with Gasteiger partial charge in [-0.1, -0.05) is 59.7 Å². The molecule has 43 heavy (non-hydrogen) atoms. The second-order valence-electron chi connectivity index (χ2n) is 14.7. The molecule has 0 saturated heterocycles. The quantitative estimate of drug-likeness (QED) is 0.262. The molecule has 2 N–H and O–H groups in total. The molecule has 4 heteroatoms. The number of pyridine rings is 1. The van der Waals surface area contributed by atoms with Gasteiger partial charge in [0.05, 0.1) is 11.4 Å². The molecule has 0 fully saturated rings. The van der Waals surface area contributed by atoms with Crippen molar-refractivity contribution in [2.45, 2.75) is 118 Å². The molecule has 0 bridgehead atoms. The molecule has 0 unspecified atom stereocenters. The largest absolute Gasteiger partial charge is 0.507 e. The molecular formula is C39H49HfNO2. The summed E-state index contributed by atoms with van der Waals surface area (Å²) in [6, 6.07) is 15.0. The van der Waals surface area contributed by atoms with E-state index in [-0.39, 0.29) is 36.7 Å². The minimum absolute atomic E-state index is 0.